The molecule has 0 saturated heterocycles. The molecule has 2 rings (SSSR count). The van der Waals surface area contributed by atoms with Crippen molar-refractivity contribution in [2.75, 3.05) is 0 Å². The Morgan fingerprint density at radius 2 is 1.29 bits per heavy atom. The first-order valence-electron chi connectivity index (χ1n) is 8.36. The Morgan fingerprint density at radius 1 is 0.857 bits per heavy atom. The van der Waals surface area contributed by atoms with Crippen LogP contribution in [0.3, 0.4) is 0 Å². The number of hydrogen-bond donors (Lipinski definition) is 0. The maximum Gasteiger partial charge on any atom is 0.335 e. The highest BCUT2D eigenvalue weighted by Gasteiger charge is 2.34. The van der Waals surface area contributed by atoms with Crippen LogP contribution in [0, 0.1) is 0 Å². The van der Waals surface area contributed by atoms with Crippen LogP contribution in [0.25, 0.3) is 11.1 Å². The van der Waals surface area contributed by atoms with Gasteiger partial charge >= 0.3 is 11.5 Å². The lowest BCUT2D eigenvalue weighted by molar-refractivity contribution is -0.671. The Bertz CT molecular complexity index is 685. The van der Waals surface area contributed by atoms with Gasteiger partial charge in [-0.25, -0.2) is 8.98 Å². The summed E-state index contributed by atoms with van der Waals surface area (Å²) in [4.78, 5) is 0. The van der Waals surface area contributed by atoms with Gasteiger partial charge < -0.3 is 0 Å². The zero-order chi connectivity index (χ0) is 17.6. The van der Waals surface area contributed by atoms with E-state index < -0.39 is 0 Å². The predicted octanol–water partition coefficient (Wildman–Crippen LogP) is 4.65. The van der Waals surface area contributed by atoms with E-state index in [4.69, 9.17) is 7.16 Å². The molecule has 0 radical (unpaired) electrons. The third-order valence-electron chi connectivity index (χ3n) is 3.43. The summed E-state index contributed by atoms with van der Waals surface area (Å²) in [6.45, 7) is 12.7. The highest BCUT2D eigenvalue weighted by Crippen LogP contribution is 2.33. The Balaban J connectivity index is 2.72. The maximum atomic E-state index is 8.02. The van der Waals surface area contributed by atoms with Crippen LogP contribution in [0.4, 0.5) is 0 Å². The first kappa shape index (κ1) is 13.0. The van der Waals surface area contributed by atoms with Crippen molar-refractivity contribution in [3.63, 3.8) is 0 Å². The number of rotatable bonds is 1. The summed E-state index contributed by atoms with van der Waals surface area (Å²) in [6, 6.07) is 7.66. The summed E-state index contributed by atoms with van der Waals surface area (Å²) in [5, 5.41) is 0. The second kappa shape index (κ2) is 5.25. The summed E-state index contributed by atoms with van der Waals surface area (Å²) in [5.41, 5.74) is 1.66. The van der Waals surface area contributed by atoms with Gasteiger partial charge in [0, 0.05) is 29.8 Å². The minimum Gasteiger partial charge on any atom is -0.217 e. The molecule has 21 heavy (non-hydrogen) atoms. The summed E-state index contributed by atoms with van der Waals surface area (Å²) in [7, 11) is 1.73. The third kappa shape index (κ3) is 3.69. The first-order chi connectivity index (χ1) is 10.4. The molecule has 2 heterocycles. The lowest BCUT2D eigenvalue weighted by Gasteiger charge is -2.15. The van der Waals surface area contributed by atoms with Crippen molar-refractivity contribution in [3.8, 4) is 11.1 Å². The molecular weight excluding hydrogens is 258 g/mol. The van der Waals surface area contributed by atoms with E-state index >= 15 is 0 Å². The van der Waals surface area contributed by atoms with Crippen molar-refractivity contribution in [1.82, 2.24) is 0 Å². The Morgan fingerprint density at radius 3 is 1.67 bits per heavy atom. The monoisotopic (exact) mass is 287 g/mol. The van der Waals surface area contributed by atoms with Crippen molar-refractivity contribution in [1.29, 1.82) is 0 Å². The summed E-state index contributed by atoms with van der Waals surface area (Å²) < 4.78 is 23.7. The minimum atomic E-state index is -0.108. The van der Waals surface area contributed by atoms with E-state index in [1.165, 1.54) is 0 Å². The Labute approximate surface area is 131 Å². The fourth-order valence-corrected chi connectivity index (χ4v) is 1.99. The van der Waals surface area contributed by atoms with Crippen LogP contribution in [0.1, 0.15) is 55.8 Å². The van der Waals surface area contributed by atoms with E-state index in [0.29, 0.717) is 12.3 Å². The predicted molar refractivity (Wildman–Crippen MR) is 87.1 cm³/mol. The SMILES string of the molecule is [2H]c1cc(-c2cc(C(C)(C)C)[o+]c(C(C)(C)C)c2)cc([2H])[n+]1C. The molecule has 0 spiro atoms. The molecule has 0 saturated carbocycles. The van der Waals surface area contributed by atoms with Gasteiger partial charge in [0.1, 0.15) is 9.79 Å². The Kier molecular flexibility index (Phi) is 3.25. The van der Waals surface area contributed by atoms with Gasteiger partial charge in [0.15, 0.2) is 12.3 Å². The lowest BCUT2D eigenvalue weighted by Crippen LogP contribution is -2.25. The van der Waals surface area contributed by atoms with E-state index in [-0.39, 0.29) is 10.8 Å². The molecule has 0 atom stereocenters. The van der Waals surface area contributed by atoms with Crippen LogP contribution in [0.5, 0.6) is 0 Å². The maximum absolute atomic E-state index is 8.02. The van der Waals surface area contributed by atoms with Crippen molar-refractivity contribution in [3.05, 3.63) is 48.1 Å². The number of pyridine rings is 1. The largest absolute Gasteiger partial charge is 0.335 e. The normalized spacial score (nSPS) is 13.9. The molecule has 2 heteroatoms. The van der Waals surface area contributed by atoms with Gasteiger partial charge in [0.25, 0.3) is 0 Å². The zero-order valence-electron chi connectivity index (χ0n) is 16.2. The van der Waals surface area contributed by atoms with Gasteiger partial charge in [-0.15, -0.1) is 0 Å². The molecule has 0 N–H and O–H groups in total. The van der Waals surface area contributed by atoms with Crippen molar-refractivity contribution in [2.45, 2.75) is 52.4 Å². The molecule has 0 unspecified atom stereocenters. The summed E-state index contributed by atoms with van der Waals surface area (Å²) in [6.07, 6.45) is 0.644. The third-order valence-corrected chi connectivity index (χ3v) is 3.43. The number of nitrogens with zero attached hydrogens (tertiary/aromatic N) is 1. The van der Waals surface area contributed by atoms with Crippen molar-refractivity contribution >= 4 is 0 Å². The van der Waals surface area contributed by atoms with Crippen LogP contribution in [0.2, 0.25) is 0 Å². The fourth-order valence-electron chi connectivity index (χ4n) is 1.99. The van der Waals surface area contributed by atoms with E-state index in [0.717, 1.165) is 22.6 Å². The fraction of sp³-hybridized carbons (Fsp3) is 0.474. The van der Waals surface area contributed by atoms with Gasteiger partial charge in [0.05, 0.1) is 10.8 Å². The molecular formula is C19H27NO+2. The molecule has 2 aromatic rings. The quantitative estimate of drug-likeness (QED) is 0.550. The molecule has 0 aliphatic heterocycles. The van der Waals surface area contributed by atoms with Crippen LogP contribution in [0.15, 0.2) is 41.0 Å². The second-order valence-corrected chi connectivity index (χ2v) is 7.64. The van der Waals surface area contributed by atoms with E-state index in [2.05, 4.69) is 41.5 Å². The zero-order valence-corrected chi connectivity index (χ0v) is 14.2. The van der Waals surface area contributed by atoms with Crippen LogP contribution < -0.4 is 4.57 Å². The molecule has 2 nitrogen and oxygen atoms in total. The van der Waals surface area contributed by atoms with Crippen LogP contribution >= 0.6 is 0 Å². The van der Waals surface area contributed by atoms with Crippen molar-refractivity contribution in [2.24, 2.45) is 7.05 Å². The molecule has 0 amide bonds. The number of hydrogen-bond acceptors (Lipinski definition) is 0. The summed E-state index contributed by atoms with van der Waals surface area (Å²) in [5.74, 6) is 1.82. The molecule has 2 aromatic heterocycles. The molecule has 0 bridgehead atoms. The van der Waals surface area contributed by atoms with Crippen LogP contribution in [-0.2, 0) is 17.9 Å². The van der Waals surface area contributed by atoms with Gasteiger partial charge in [0.2, 0.25) is 0 Å². The highest BCUT2D eigenvalue weighted by atomic mass is 16.3. The standard InChI is InChI=1S/C19H27NO/c1-18(2,3)16-12-15(13-17(21-16)19(4,5)6)14-8-10-20(7)11-9-14/h8-13H,1-7H3/q+2/i10D,11D. The molecule has 0 aromatic carbocycles. The van der Waals surface area contributed by atoms with Gasteiger partial charge in [-0.3, -0.25) is 0 Å². The first-order valence-corrected chi connectivity index (χ1v) is 7.36. The van der Waals surface area contributed by atoms with Gasteiger partial charge in [-0.1, -0.05) is 0 Å². The van der Waals surface area contributed by atoms with Gasteiger partial charge in [-0.05, 0) is 47.1 Å². The Hall–Kier alpha value is -1.70. The average Bonchev–Trinajstić information content (AvgIpc) is 2.41. The highest BCUT2D eigenvalue weighted by molar-refractivity contribution is 5.63. The van der Waals surface area contributed by atoms with Crippen molar-refractivity contribution < 1.29 is 11.7 Å². The van der Waals surface area contributed by atoms with E-state index in [1.54, 1.807) is 23.7 Å². The topological polar surface area (TPSA) is 15.2 Å². The number of aromatic nitrogens is 1. The molecule has 0 aliphatic rings. The molecule has 0 aliphatic carbocycles. The second-order valence-electron chi connectivity index (χ2n) is 7.64. The van der Waals surface area contributed by atoms with Crippen LogP contribution in [-0.4, -0.2) is 0 Å². The van der Waals surface area contributed by atoms with E-state index in [9.17, 15) is 0 Å². The smallest absolute Gasteiger partial charge is 0.217 e. The molecule has 112 valence electrons. The molecule has 0 fully saturated rings. The summed E-state index contributed by atoms with van der Waals surface area (Å²) >= 11 is 0. The minimum absolute atomic E-state index is 0.108. The lowest BCUT2D eigenvalue weighted by atomic mass is 9.87. The van der Waals surface area contributed by atoms with E-state index in [1.807, 2.05) is 12.1 Å². The van der Waals surface area contributed by atoms with Gasteiger partial charge in [-0.2, -0.15) is 0 Å². The average molecular weight is 287 g/mol.